The average Bonchev–Trinajstić information content (AvgIpc) is 3.33. The van der Waals surface area contributed by atoms with Gasteiger partial charge in [0.2, 0.25) is 0 Å². The van der Waals surface area contributed by atoms with Gasteiger partial charge in [0.1, 0.15) is 0 Å². The van der Waals surface area contributed by atoms with Crippen molar-refractivity contribution in [1.29, 1.82) is 0 Å². The molecule has 2 radical (unpaired) electrons. The molecule has 0 aliphatic heterocycles. The first-order valence-electron chi connectivity index (χ1n) is 10.1. The fourth-order valence-electron chi connectivity index (χ4n) is 3.17. The molecule has 0 nitrogen and oxygen atoms in total. The topological polar surface area (TPSA) is 0 Å². The molecule has 5 heteroatoms. The summed E-state index contributed by atoms with van der Waals surface area (Å²) in [5.41, 5.74) is 0. The van der Waals surface area contributed by atoms with Crippen LogP contribution in [0.15, 0.2) is 72.8 Å². The normalized spacial score (nSPS) is 10.6. The second-order valence-corrected chi connectivity index (χ2v) is 27.9. The summed E-state index contributed by atoms with van der Waals surface area (Å²) in [6, 6.07) is 26.4. The number of fused-ring (bicyclic) bond motifs is 2. The molecular formula is C25H30Cl2Ge2Zr-2. The van der Waals surface area contributed by atoms with Crippen molar-refractivity contribution in [3.05, 3.63) is 72.8 Å². The maximum absolute atomic E-state index is 5.54. The van der Waals surface area contributed by atoms with Crippen molar-refractivity contribution < 1.29 is 18.9 Å². The predicted octanol–water partition coefficient (Wildman–Crippen LogP) is 7.16. The molecule has 4 aromatic rings. The van der Waals surface area contributed by atoms with Crippen molar-refractivity contribution in [2.45, 2.75) is 36.9 Å². The molecule has 0 spiro atoms. The quantitative estimate of drug-likeness (QED) is 0.162. The number of hydrogen-bond acceptors (Lipinski definition) is 0. The van der Waals surface area contributed by atoms with E-state index in [0.717, 1.165) is 0 Å². The Morgan fingerprint density at radius 2 is 1.03 bits per heavy atom. The summed E-state index contributed by atoms with van der Waals surface area (Å²) < 4.78 is 4.50. The molecule has 0 aliphatic carbocycles. The van der Waals surface area contributed by atoms with E-state index in [1.165, 1.54) is 24.8 Å². The van der Waals surface area contributed by atoms with Gasteiger partial charge in [-0.25, -0.2) is 0 Å². The predicted molar refractivity (Wildman–Crippen MR) is 141 cm³/mol. The molecule has 0 atom stereocenters. The third-order valence-corrected chi connectivity index (χ3v) is 17.5. The summed E-state index contributed by atoms with van der Waals surface area (Å²) in [6.07, 6.45) is 0. The second kappa shape index (κ2) is 12.9. The number of halogens is 2. The Hall–Kier alpha value is 0.0788. The monoisotopic (exact) mass is 638 g/mol. The SMILES string of the molecule is C[C](C)=[Zr]([Cl])[Cl].[CH3][Ge]([CH3])[c]1c[cH-]c2ccccc12.[CH3][Ge]([CH3])[c]1c[cH-]c2ccccc12. The van der Waals surface area contributed by atoms with Gasteiger partial charge < -0.3 is 0 Å². The first-order chi connectivity index (χ1) is 14.2. The molecule has 0 saturated heterocycles. The second-order valence-electron chi connectivity index (χ2n) is 7.93. The maximum atomic E-state index is 5.54. The molecule has 0 aromatic heterocycles. The van der Waals surface area contributed by atoms with E-state index in [2.05, 4.69) is 95.8 Å². The van der Waals surface area contributed by atoms with Gasteiger partial charge >= 0.3 is 208 Å². The third-order valence-electron chi connectivity index (χ3n) is 4.82. The molecule has 30 heavy (non-hydrogen) atoms. The molecule has 0 heterocycles. The van der Waals surface area contributed by atoms with Crippen LogP contribution in [0.5, 0.6) is 0 Å². The third kappa shape index (κ3) is 7.59. The molecule has 0 unspecified atom stereocenters. The molecule has 4 aromatic carbocycles. The summed E-state index contributed by atoms with van der Waals surface area (Å²) in [6.45, 7) is 3.96. The van der Waals surface area contributed by atoms with Crippen LogP contribution in [0.25, 0.3) is 21.5 Å². The Bertz CT molecular complexity index is 1010. The summed E-state index contributed by atoms with van der Waals surface area (Å²) >= 11 is -3.60. The zero-order valence-corrected chi connectivity index (χ0v) is 26.9. The van der Waals surface area contributed by atoms with Crippen molar-refractivity contribution in [2.24, 2.45) is 0 Å². The summed E-state index contributed by atoms with van der Waals surface area (Å²) in [7, 11) is 11.1. The molecule has 0 aliphatic rings. The van der Waals surface area contributed by atoms with Crippen LogP contribution < -0.4 is 8.79 Å². The number of rotatable bonds is 2. The molecule has 0 saturated carbocycles. The molecule has 0 fully saturated rings. The zero-order chi connectivity index (χ0) is 22.3. The van der Waals surface area contributed by atoms with Crippen molar-refractivity contribution in [3.63, 3.8) is 0 Å². The van der Waals surface area contributed by atoms with E-state index in [-0.39, 0.29) is 0 Å². The Morgan fingerprint density at radius 3 is 1.33 bits per heavy atom. The Kier molecular flexibility index (Phi) is 11.4. The van der Waals surface area contributed by atoms with E-state index in [1.807, 2.05) is 13.8 Å². The van der Waals surface area contributed by atoms with Crippen LogP contribution in [0.2, 0.25) is 23.0 Å². The van der Waals surface area contributed by atoms with E-state index in [9.17, 15) is 0 Å². The van der Waals surface area contributed by atoms with Crippen LogP contribution in [0.3, 0.4) is 0 Å². The number of hydrogen-bond donors (Lipinski definition) is 0. The zero-order valence-electron chi connectivity index (χ0n) is 18.7. The molecule has 0 amide bonds. The van der Waals surface area contributed by atoms with Gasteiger partial charge in [0.15, 0.2) is 0 Å². The van der Waals surface area contributed by atoms with Gasteiger partial charge in [-0.2, -0.15) is 0 Å². The van der Waals surface area contributed by atoms with Gasteiger partial charge in [0, 0.05) is 0 Å². The van der Waals surface area contributed by atoms with Crippen LogP contribution >= 0.6 is 17.0 Å². The molecular weight excluding hydrogens is 608 g/mol. The van der Waals surface area contributed by atoms with Crippen LogP contribution in [0.1, 0.15) is 13.8 Å². The van der Waals surface area contributed by atoms with Crippen molar-refractivity contribution in [3.8, 4) is 0 Å². The number of benzene rings is 2. The first kappa shape index (κ1) is 26.3. The van der Waals surface area contributed by atoms with Crippen LogP contribution in [0.4, 0.5) is 0 Å². The van der Waals surface area contributed by atoms with E-state index < -0.39 is 47.6 Å². The van der Waals surface area contributed by atoms with Crippen molar-refractivity contribution >= 4 is 79.3 Å². The van der Waals surface area contributed by atoms with Crippen LogP contribution in [0, 0.1) is 0 Å². The van der Waals surface area contributed by atoms with E-state index in [0.29, 0.717) is 0 Å². The van der Waals surface area contributed by atoms with Crippen LogP contribution in [-0.2, 0) is 18.9 Å². The van der Waals surface area contributed by atoms with Gasteiger partial charge in [-0.15, -0.1) is 0 Å². The summed E-state index contributed by atoms with van der Waals surface area (Å²) in [5, 5.41) is 5.78. The van der Waals surface area contributed by atoms with Crippen molar-refractivity contribution in [2.75, 3.05) is 0 Å². The minimum atomic E-state index is -1.84. The Morgan fingerprint density at radius 1 is 0.700 bits per heavy atom. The summed E-state index contributed by atoms with van der Waals surface area (Å²) in [4.78, 5) is 0. The fourth-order valence-corrected chi connectivity index (χ4v) is 8.14. The van der Waals surface area contributed by atoms with Crippen LogP contribution in [-0.4, -0.2) is 31.9 Å². The standard InChI is InChI=1S/2C11H12Ge.C3H6.2ClH.Zr/c2*1-12(2)11-8-7-9-5-3-4-6-10(9)11;1-3-2;;;/h2*3-8H,1-2H3;1-2H3;2*1H;/q2*-1;;;;+2/p-2. The average molecular weight is 638 g/mol. The van der Waals surface area contributed by atoms with Crippen molar-refractivity contribution in [1.82, 2.24) is 0 Å². The Labute approximate surface area is 205 Å². The fraction of sp³-hybridized carbons (Fsp3) is 0.240. The Balaban J connectivity index is 0.000000171. The van der Waals surface area contributed by atoms with Gasteiger partial charge in [-0.3, -0.25) is 0 Å². The van der Waals surface area contributed by atoms with E-state index in [4.69, 9.17) is 17.0 Å². The molecule has 0 bridgehead atoms. The van der Waals surface area contributed by atoms with Gasteiger partial charge in [0.25, 0.3) is 0 Å². The van der Waals surface area contributed by atoms with Gasteiger partial charge in [-0.1, -0.05) is 0 Å². The molecule has 0 N–H and O–H groups in total. The molecule has 158 valence electrons. The summed E-state index contributed by atoms with van der Waals surface area (Å²) in [5.74, 6) is 9.62. The van der Waals surface area contributed by atoms with E-state index >= 15 is 0 Å². The first-order valence-corrected chi connectivity index (χ1v) is 28.2. The minimum absolute atomic E-state index is 0.882. The molecule has 4 rings (SSSR count). The van der Waals surface area contributed by atoms with E-state index in [1.54, 1.807) is 8.79 Å². The van der Waals surface area contributed by atoms with Gasteiger partial charge in [-0.05, 0) is 0 Å². The van der Waals surface area contributed by atoms with Gasteiger partial charge in [0.05, 0.1) is 0 Å².